The van der Waals surface area contributed by atoms with Crippen LogP contribution in [0.5, 0.6) is 0 Å². The molecule has 0 radical (unpaired) electrons. The highest BCUT2D eigenvalue weighted by Gasteiger charge is 2.45. The van der Waals surface area contributed by atoms with Crippen LogP contribution in [-0.2, 0) is 18.8 Å². The van der Waals surface area contributed by atoms with Crippen molar-refractivity contribution < 1.29 is 18.8 Å². The van der Waals surface area contributed by atoms with E-state index in [4.69, 9.17) is 9.16 Å². The highest BCUT2D eigenvalue weighted by Crippen LogP contribution is 2.41. The van der Waals surface area contributed by atoms with Crippen molar-refractivity contribution in [2.24, 2.45) is 23.2 Å². The third-order valence-electron chi connectivity index (χ3n) is 8.58. The molecule has 0 aromatic carbocycles. The summed E-state index contributed by atoms with van der Waals surface area (Å²) in [7, 11) is -2.09. The molecular formula is C30H52O4Si. The Morgan fingerprint density at radius 1 is 1.11 bits per heavy atom. The highest BCUT2D eigenvalue weighted by atomic mass is 28.4. The zero-order valence-corrected chi connectivity index (χ0v) is 25.6. The van der Waals surface area contributed by atoms with Gasteiger partial charge in [0.25, 0.3) is 0 Å². The Kier molecular flexibility index (Phi) is 11.0. The second kappa shape index (κ2) is 12.2. The second-order valence-electron chi connectivity index (χ2n) is 12.8. The molecule has 5 atom stereocenters. The van der Waals surface area contributed by atoms with Crippen LogP contribution in [0.25, 0.3) is 0 Å². The van der Waals surface area contributed by atoms with Crippen molar-refractivity contribution >= 4 is 20.1 Å². The van der Waals surface area contributed by atoms with E-state index >= 15 is 0 Å². The van der Waals surface area contributed by atoms with Crippen molar-refractivity contribution in [2.45, 2.75) is 119 Å². The molecule has 200 valence electrons. The predicted octanol–water partition coefficient (Wildman–Crippen LogP) is 8.05. The lowest BCUT2D eigenvalue weighted by atomic mass is 9.69. The Morgan fingerprint density at radius 3 is 2.20 bits per heavy atom. The van der Waals surface area contributed by atoms with Crippen LogP contribution in [0.1, 0.15) is 88.5 Å². The first kappa shape index (κ1) is 31.6. The summed E-state index contributed by atoms with van der Waals surface area (Å²) in [5, 5.41) is 0.0414. The molecule has 0 heterocycles. The van der Waals surface area contributed by atoms with Gasteiger partial charge in [-0.2, -0.15) is 0 Å². The van der Waals surface area contributed by atoms with Crippen LogP contribution < -0.4 is 0 Å². The number of ether oxygens (including phenoxy) is 1. The first-order valence-corrected chi connectivity index (χ1v) is 16.1. The lowest BCUT2D eigenvalue weighted by Crippen LogP contribution is -2.50. The average molecular weight is 505 g/mol. The van der Waals surface area contributed by atoms with Crippen LogP contribution in [0.2, 0.25) is 18.1 Å². The van der Waals surface area contributed by atoms with Gasteiger partial charge in [0, 0.05) is 24.2 Å². The molecule has 0 N–H and O–H groups in total. The van der Waals surface area contributed by atoms with Crippen molar-refractivity contribution in [1.82, 2.24) is 0 Å². The number of carbonyl (C=O) groups is 2. The minimum Gasteiger partial charge on any atom is -0.457 e. The molecule has 0 amide bonds. The van der Waals surface area contributed by atoms with Gasteiger partial charge in [-0.15, -0.1) is 6.58 Å². The standard InChI is InChI=1S/C30H52O4Si/c1-14-21(3)27(34-35(12,13)29(7,8)9)24(6)28(32)30(10,11)23(5)19-26(31)33-25-18-16-20(2)15-17-22(25)4/h14,16-17,21,23-25,27H,1,15,18-19H2,2-13H3/t21-,23-,24+,25?,27-/m0/s1. The van der Waals surface area contributed by atoms with Crippen molar-refractivity contribution in [3.05, 3.63) is 36.0 Å². The third kappa shape index (κ3) is 8.28. The summed E-state index contributed by atoms with van der Waals surface area (Å²) in [6.45, 7) is 29.1. The van der Waals surface area contributed by atoms with Gasteiger partial charge in [-0.25, -0.2) is 0 Å². The zero-order valence-electron chi connectivity index (χ0n) is 24.6. The predicted molar refractivity (Wildman–Crippen MR) is 150 cm³/mol. The van der Waals surface area contributed by atoms with Crippen molar-refractivity contribution in [3.63, 3.8) is 0 Å². The first-order valence-electron chi connectivity index (χ1n) is 13.2. The quantitative estimate of drug-likeness (QED) is 0.162. The number of allylic oxidation sites excluding steroid dienone is 2. The fourth-order valence-corrected chi connectivity index (χ4v) is 5.63. The van der Waals surface area contributed by atoms with E-state index in [9.17, 15) is 9.59 Å². The third-order valence-corrected chi connectivity index (χ3v) is 13.1. The lowest BCUT2D eigenvalue weighted by molar-refractivity contribution is -0.150. The fourth-order valence-electron chi connectivity index (χ4n) is 4.18. The molecule has 4 nitrogen and oxygen atoms in total. The van der Waals surface area contributed by atoms with Crippen LogP contribution in [0.3, 0.4) is 0 Å². The smallest absolute Gasteiger partial charge is 0.306 e. The number of rotatable bonds is 11. The van der Waals surface area contributed by atoms with Crippen molar-refractivity contribution in [1.29, 1.82) is 0 Å². The average Bonchev–Trinajstić information content (AvgIpc) is 2.90. The van der Waals surface area contributed by atoms with Gasteiger partial charge in [-0.3, -0.25) is 9.59 Å². The molecule has 0 bridgehead atoms. The molecule has 0 saturated heterocycles. The molecule has 5 heteroatoms. The van der Waals surface area contributed by atoms with Crippen LogP contribution in [-0.4, -0.2) is 32.3 Å². The number of carbonyl (C=O) groups excluding carboxylic acids is 2. The van der Waals surface area contributed by atoms with E-state index in [1.54, 1.807) is 0 Å². The molecule has 0 saturated carbocycles. The molecule has 0 aromatic rings. The number of hydrogen-bond donors (Lipinski definition) is 0. The number of hydrogen-bond acceptors (Lipinski definition) is 4. The fraction of sp³-hybridized carbons (Fsp3) is 0.733. The lowest BCUT2D eigenvalue weighted by Gasteiger charge is -2.43. The molecule has 0 aromatic heterocycles. The molecule has 0 fully saturated rings. The molecule has 1 rings (SSSR count). The second-order valence-corrected chi connectivity index (χ2v) is 17.6. The summed E-state index contributed by atoms with van der Waals surface area (Å²) in [5.74, 6) is -0.555. The number of Topliss-reactive ketones (excluding diaryl/α,β-unsaturated/α-hetero) is 1. The van der Waals surface area contributed by atoms with Gasteiger partial charge >= 0.3 is 5.97 Å². The SMILES string of the molecule is C=C[C@H](C)[C@H](O[Si](C)(C)C(C)(C)C)[C@@H](C)C(=O)C(C)(C)[C@@H](C)CC(=O)OC1CC=C(C)CC=C1C. The molecular weight excluding hydrogens is 452 g/mol. The van der Waals surface area contributed by atoms with Gasteiger partial charge in [-0.05, 0) is 55.8 Å². The van der Waals surface area contributed by atoms with E-state index in [0.717, 1.165) is 12.0 Å². The Balaban J connectivity index is 2.99. The van der Waals surface area contributed by atoms with Gasteiger partial charge in [0.15, 0.2) is 8.32 Å². The van der Waals surface area contributed by atoms with E-state index in [-0.39, 0.29) is 53.2 Å². The van der Waals surface area contributed by atoms with Crippen LogP contribution >= 0.6 is 0 Å². The summed E-state index contributed by atoms with van der Waals surface area (Å²) in [6, 6.07) is 0. The summed E-state index contributed by atoms with van der Waals surface area (Å²) in [6.07, 6.45) is 7.52. The Hall–Kier alpha value is -1.46. The summed E-state index contributed by atoms with van der Waals surface area (Å²) in [5.41, 5.74) is 1.69. The van der Waals surface area contributed by atoms with E-state index in [0.29, 0.717) is 6.42 Å². The van der Waals surface area contributed by atoms with E-state index in [1.807, 2.05) is 40.7 Å². The highest BCUT2D eigenvalue weighted by molar-refractivity contribution is 6.74. The molecule has 0 aliphatic heterocycles. The van der Waals surface area contributed by atoms with Crippen LogP contribution in [0.15, 0.2) is 36.0 Å². The van der Waals surface area contributed by atoms with Crippen LogP contribution in [0.4, 0.5) is 0 Å². The van der Waals surface area contributed by atoms with Gasteiger partial charge in [0.1, 0.15) is 11.9 Å². The minimum absolute atomic E-state index is 0.0414. The molecule has 1 aliphatic rings. The van der Waals surface area contributed by atoms with Crippen LogP contribution in [0, 0.1) is 23.2 Å². The summed E-state index contributed by atoms with van der Waals surface area (Å²) >= 11 is 0. The van der Waals surface area contributed by atoms with E-state index in [2.05, 4.69) is 66.4 Å². The van der Waals surface area contributed by atoms with Gasteiger partial charge in [0.05, 0.1) is 6.10 Å². The maximum absolute atomic E-state index is 13.8. The topological polar surface area (TPSA) is 52.6 Å². The van der Waals surface area contributed by atoms with E-state index in [1.165, 1.54) is 5.57 Å². The Morgan fingerprint density at radius 2 is 1.69 bits per heavy atom. The normalized spacial score (nSPS) is 21.1. The van der Waals surface area contributed by atoms with Gasteiger partial charge in [-0.1, -0.05) is 79.2 Å². The zero-order chi connectivity index (χ0) is 27.4. The molecule has 0 spiro atoms. The molecule has 35 heavy (non-hydrogen) atoms. The Labute approximate surface area is 216 Å². The summed E-state index contributed by atoms with van der Waals surface area (Å²) in [4.78, 5) is 26.7. The molecule has 1 aliphatic carbocycles. The van der Waals surface area contributed by atoms with Gasteiger partial charge < -0.3 is 9.16 Å². The van der Waals surface area contributed by atoms with Gasteiger partial charge in [0.2, 0.25) is 0 Å². The Bertz CT molecular complexity index is 828. The number of esters is 1. The molecule has 1 unspecified atom stereocenters. The first-order chi connectivity index (χ1) is 15.8. The van der Waals surface area contributed by atoms with Crippen molar-refractivity contribution in [3.8, 4) is 0 Å². The monoisotopic (exact) mass is 504 g/mol. The maximum atomic E-state index is 13.8. The van der Waals surface area contributed by atoms with Crippen molar-refractivity contribution in [2.75, 3.05) is 0 Å². The number of ketones is 1. The minimum atomic E-state index is -2.09. The summed E-state index contributed by atoms with van der Waals surface area (Å²) < 4.78 is 12.6. The van der Waals surface area contributed by atoms with E-state index < -0.39 is 13.7 Å². The largest absolute Gasteiger partial charge is 0.457 e. The maximum Gasteiger partial charge on any atom is 0.306 e.